The molecule has 2 amide bonds. The van der Waals surface area contributed by atoms with Gasteiger partial charge in [0, 0.05) is 24.7 Å². The summed E-state index contributed by atoms with van der Waals surface area (Å²) in [4.78, 5) is 37.7. The number of carbonyl (C=O) groups is 2. The molecule has 0 saturated carbocycles. The van der Waals surface area contributed by atoms with Gasteiger partial charge >= 0.3 is 0 Å². The van der Waals surface area contributed by atoms with Gasteiger partial charge in [0.25, 0.3) is 5.91 Å². The largest absolute Gasteiger partial charge is 0.359 e. The van der Waals surface area contributed by atoms with Crippen LogP contribution >= 0.6 is 11.3 Å². The number of likely N-dealkylation sites (N-methyl/N-ethyl adjacent to an activating group) is 1. The van der Waals surface area contributed by atoms with Crippen molar-refractivity contribution in [2.75, 3.05) is 29.9 Å². The Balaban J connectivity index is 1.53. The number of rotatable bonds is 7. The van der Waals surface area contributed by atoms with Gasteiger partial charge < -0.3 is 15.1 Å². The van der Waals surface area contributed by atoms with Gasteiger partial charge in [0.1, 0.15) is 0 Å². The minimum Gasteiger partial charge on any atom is -0.359 e. The van der Waals surface area contributed by atoms with Crippen LogP contribution in [0.15, 0.2) is 59.6 Å². The van der Waals surface area contributed by atoms with E-state index in [9.17, 15) is 9.59 Å². The van der Waals surface area contributed by atoms with Gasteiger partial charge in [0.2, 0.25) is 5.91 Å². The van der Waals surface area contributed by atoms with Gasteiger partial charge in [-0.2, -0.15) is 0 Å². The lowest BCUT2D eigenvalue weighted by Gasteiger charge is -2.29. The van der Waals surface area contributed by atoms with Gasteiger partial charge in [-0.15, -0.1) is 11.3 Å². The number of pyridine rings is 1. The Bertz CT molecular complexity index is 1080. The minimum atomic E-state index is -0.123. The number of anilines is 2. The maximum absolute atomic E-state index is 13.1. The number of thiazole rings is 1. The van der Waals surface area contributed by atoms with Crippen LogP contribution in [0, 0.1) is 0 Å². The van der Waals surface area contributed by atoms with E-state index in [1.54, 1.807) is 27.6 Å². The zero-order valence-electron chi connectivity index (χ0n) is 17.2. The average Bonchev–Trinajstić information content (AvgIpc) is 3.32. The van der Waals surface area contributed by atoms with Gasteiger partial charge in [-0.3, -0.25) is 9.59 Å². The van der Waals surface area contributed by atoms with Crippen molar-refractivity contribution >= 4 is 40.7 Å². The van der Waals surface area contributed by atoms with Crippen LogP contribution in [-0.4, -0.2) is 46.3 Å². The molecule has 4 rings (SSSR count). The van der Waals surface area contributed by atoms with Crippen molar-refractivity contribution in [3.63, 3.8) is 0 Å². The summed E-state index contributed by atoms with van der Waals surface area (Å²) in [5, 5.41) is 4.94. The summed E-state index contributed by atoms with van der Waals surface area (Å²) in [6, 6.07) is 11.7. The second-order valence-corrected chi connectivity index (χ2v) is 7.78. The molecule has 0 radical (unpaired) electrons. The van der Waals surface area contributed by atoms with E-state index in [0.717, 1.165) is 11.3 Å². The Morgan fingerprint density at radius 1 is 1.29 bits per heavy atom. The highest BCUT2D eigenvalue weighted by atomic mass is 32.1. The molecule has 158 valence electrons. The van der Waals surface area contributed by atoms with Crippen molar-refractivity contribution in [3.05, 3.63) is 76.4 Å². The second kappa shape index (κ2) is 9.53. The number of fused-ring (bicyclic) bond motifs is 1. The number of nitrogens with zero attached hydrogens (tertiary/aromatic N) is 4. The van der Waals surface area contributed by atoms with E-state index in [4.69, 9.17) is 0 Å². The molecule has 0 spiro atoms. The smallest absolute Gasteiger partial charge is 0.255 e. The first kappa shape index (κ1) is 20.7. The number of aromatic nitrogens is 2. The van der Waals surface area contributed by atoms with E-state index in [-0.39, 0.29) is 18.4 Å². The van der Waals surface area contributed by atoms with E-state index in [0.29, 0.717) is 36.7 Å². The van der Waals surface area contributed by atoms with Crippen LogP contribution < -0.4 is 10.2 Å². The molecule has 7 nitrogen and oxygen atoms in total. The number of hydrogen-bond donors (Lipinski definition) is 1. The third-order valence-electron chi connectivity index (χ3n) is 5.02. The predicted molar refractivity (Wildman–Crippen MR) is 123 cm³/mol. The normalized spacial score (nSPS) is 13.2. The fraction of sp³-hybridized carbons (Fsp3) is 0.217. The van der Waals surface area contributed by atoms with Gasteiger partial charge in [0.05, 0.1) is 35.5 Å². The zero-order valence-corrected chi connectivity index (χ0v) is 18.0. The molecule has 0 unspecified atom stereocenters. The molecule has 0 fully saturated rings. The van der Waals surface area contributed by atoms with Crippen LogP contribution in [-0.2, 0) is 11.3 Å². The van der Waals surface area contributed by atoms with Crippen LogP contribution in [0.1, 0.15) is 28.5 Å². The molecule has 3 aromatic rings. The fourth-order valence-corrected chi connectivity index (χ4v) is 3.92. The van der Waals surface area contributed by atoms with Crippen molar-refractivity contribution in [2.24, 2.45) is 0 Å². The van der Waals surface area contributed by atoms with Gasteiger partial charge in [-0.05, 0) is 18.6 Å². The van der Waals surface area contributed by atoms with E-state index in [1.165, 1.54) is 11.3 Å². The number of nitrogens with one attached hydrogen (secondary N) is 1. The first-order chi connectivity index (χ1) is 15.2. The van der Waals surface area contributed by atoms with Crippen molar-refractivity contribution in [1.82, 2.24) is 14.9 Å². The van der Waals surface area contributed by atoms with Crippen LogP contribution in [0.3, 0.4) is 0 Å². The summed E-state index contributed by atoms with van der Waals surface area (Å²) in [5.41, 5.74) is 4.69. The van der Waals surface area contributed by atoms with Crippen LogP contribution in [0.25, 0.3) is 6.08 Å². The Hall–Kier alpha value is -3.52. The summed E-state index contributed by atoms with van der Waals surface area (Å²) < 4.78 is 0. The SMILES string of the molecule is CCN(C/C=C/c1ccccc1)C(=O)c1cnc2c(c1)N(Cc1cscn1)C(=O)CN2. The van der Waals surface area contributed by atoms with Crippen molar-refractivity contribution in [2.45, 2.75) is 13.5 Å². The van der Waals surface area contributed by atoms with E-state index in [1.807, 2.05) is 54.8 Å². The topological polar surface area (TPSA) is 78.4 Å². The quantitative estimate of drug-likeness (QED) is 0.615. The zero-order chi connectivity index (χ0) is 21.6. The molecule has 0 aliphatic carbocycles. The third kappa shape index (κ3) is 4.80. The molecular weight excluding hydrogens is 410 g/mol. The fourth-order valence-electron chi connectivity index (χ4n) is 3.37. The monoisotopic (exact) mass is 433 g/mol. The highest BCUT2D eigenvalue weighted by molar-refractivity contribution is 7.07. The Morgan fingerprint density at radius 2 is 2.13 bits per heavy atom. The first-order valence-corrected chi connectivity index (χ1v) is 11.0. The van der Waals surface area contributed by atoms with E-state index >= 15 is 0 Å². The molecule has 8 heteroatoms. The maximum atomic E-state index is 13.1. The lowest BCUT2D eigenvalue weighted by molar-refractivity contribution is -0.117. The number of hydrogen-bond acceptors (Lipinski definition) is 6. The first-order valence-electron chi connectivity index (χ1n) is 10.1. The van der Waals surface area contributed by atoms with Crippen molar-refractivity contribution in [3.8, 4) is 0 Å². The summed E-state index contributed by atoms with van der Waals surface area (Å²) in [6.45, 7) is 3.52. The van der Waals surface area contributed by atoms with Crippen LogP contribution in [0.5, 0.6) is 0 Å². The van der Waals surface area contributed by atoms with Gasteiger partial charge in [0.15, 0.2) is 5.82 Å². The molecule has 0 bridgehead atoms. The third-order valence-corrected chi connectivity index (χ3v) is 5.66. The molecule has 1 aliphatic heterocycles. The average molecular weight is 434 g/mol. The number of amides is 2. The molecule has 31 heavy (non-hydrogen) atoms. The lowest BCUT2D eigenvalue weighted by atomic mass is 10.1. The maximum Gasteiger partial charge on any atom is 0.255 e. The van der Waals surface area contributed by atoms with Gasteiger partial charge in [-0.1, -0.05) is 42.5 Å². The molecule has 2 aromatic heterocycles. The molecule has 0 atom stereocenters. The van der Waals surface area contributed by atoms with Gasteiger partial charge in [-0.25, -0.2) is 9.97 Å². The standard InChI is InChI=1S/C23H23N5O2S/c1-2-27(10-6-9-17-7-4-3-5-8-17)23(30)18-11-20-22(24-12-18)25-13-21(29)28(20)14-19-15-31-16-26-19/h3-9,11-12,15-16H,2,10,13-14H2,1H3,(H,24,25)/b9-6+. The Kier molecular flexibility index (Phi) is 6.37. The number of benzene rings is 1. The number of carbonyl (C=O) groups excluding carboxylic acids is 2. The molecule has 1 aliphatic rings. The summed E-state index contributed by atoms with van der Waals surface area (Å²) >= 11 is 1.48. The Morgan fingerprint density at radius 3 is 2.87 bits per heavy atom. The minimum absolute atomic E-state index is 0.0787. The lowest BCUT2D eigenvalue weighted by Crippen LogP contribution is -2.40. The van der Waals surface area contributed by atoms with Crippen LogP contribution in [0.4, 0.5) is 11.5 Å². The molecule has 1 N–H and O–H groups in total. The highest BCUT2D eigenvalue weighted by Gasteiger charge is 2.27. The highest BCUT2D eigenvalue weighted by Crippen LogP contribution is 2.30. The molecular formula is C23H23N5O2S. The van der Waals surface area contributed by atoms with Crippen LogP contribution in [0.2, 0.25) is 0 Å². The molecule has 3 heterocycles. The van der Waals surface area contributed by atoms with Crippen molar-refractivity contribution in [1.29, 1.82) is 0 Å². The summed E-state index contributed by atoms with van der Waals surface area (Å²) in [6.07, 6.45) is 5.54. The predicted octanol–water partition coefficient (Wildman–Crippen LogP) is 3.67. The second-order valence-electron chi connectivity index (χ2n) is 7.06. The van der Waals surface area contributed by atoms with E-state index < -0.39 is 0 Å². The summed E-state index contributed by atoms with van der Waals surface area (Å²) in [7, 11) is 0. The van der Waals surface area contributed by atoms with Crippen molar-refractivity contribution < 1.29 is 9.59 Å². The van der Waals surface area contributed by atoms with E-state index in [2.05, 4.69) is 15.3 Å². The summed E-state index contributed by atoms with van der Waals surface area (Å²) in [5.74, 6) is 0.394. The Labute approximate surface area is 185 Å². The molecule has 1 aromatic carbocycles. The molecule has 0 saturated heterocycles.